The summed E-state index contributed by atoms with van der Waals surface area (Å²) in [6.07, 6.45) is 12.0. The van der Waals surface area contributed by atoms with E-state index >= 15 is 0 Å². The summed E-state index contributed by atoms with van der Waals surface area (Å²) in [5, 5.41) is 1.81. The molecule has 302 valence electrons. The lowest BCUT2D eigenvalue weighted by atomic mass is 9.82. The van der Waals surface area contributed by atoms with Gasteiger partial charge >= 0.3 is 0 Å². The highest BCUT2D eigenvalue weighted by molar-refractivity contribution is 5.66. The molecule has 12 heteroatoms. The fraction of sp³-hybridized carbons (Fsp3) is 0.636. The van der Waals surface area contributed by atoms with Crippen LogP contribution in [0.25, 0.3) is 6.08 Å². The molecule has 0 bridgehead atoms. The van der Waals surface area contributed by atoms with Crippen LogP contribution in [0.1, 0.15) is 135 Å². The Morgan fingerprint density at radius 1 is 0.821 bits per heavy atom. The van der Waals surface area contributed by atoms with Crippen LogP contribution >= 0.6 is 0 Å². The van der Waals surface area contributed by atoms with E-state index in [0.717, 1.165) is 97.4 Å². The van der Waals surface area contributed by atoms with Crippen molar-refractivity contribution in [3.63, 3.8) is 0 Å². The molecule has 8 rings (SSSR count). The van der Waals surface area contributed by atoms with Crippen LogP contribution < -0.4 is 25.2 Å². The van der Waals surface area contributed by atoms with Gasteiger partial charge in [0.15, 0.2) is 11.5 Å². The molecule has 0 spiro atoms. The molecule has 12 nitrogen and oxygen atoms in total. The Kier molecular flexibility index (Phi) is 9.50. The van der Waals surface area contributed by atoms with Crippen molar-refractivity contribution in [2.24, 2.45) is 11.8 Å². The number of hydrogen-bond donors (Lipinski definition) is 1. The number of rotatable bonds is 8. The smallest absolute Gasteiger partial charge is 0.240 e. The number of hydrazine groups is 1. The molecule has 0 aliphatic carbocycles. The fourth-order valence-corrected chi connectivity index (χ4v) is 9.99. The van der Waals surface area contributed by atoms with Gasteiger partial charge in [-0.15, -0.1) is 0 Å². The average Bonchev–Trinajstić information content (AvgIpc) is 3.45. The van der Waals surface area contributed by atoms with E-state index < -0.39 is 22.4 Å². The standard InChI is InChI=1S/C44H62N8O4/c1-12-53-34-22-27(21-29-13-17-40(2,3)54-35(29)34)26-50-18-14-28(15-19-50)33-23-30(52(45)39-47-25-32-37(49-39)44(10,11)56-42(32,6)7)16-20-51(33)38-46-24-31-36(48-38)43(8,9)55-41(31,4)5/h13,17,21-22,24-25,28,30,33H,12,14-16,18-20,23,26,45H2,1-11H3. The lowest BCUT2D eigenvalue weighted by Crippen LogP contribution is -2.56. The minimum absolute atomic E-state index is 0.0478. The molecule has 2 N–H and O–H groups in total. The Balaban J connectivity index is 1.04. The Morgan fingerprint density at radius 2 is 1.46 bits per heavy atom. The van der Waals surface area contributed by atoms with E-state index in [4.69, 9.17) is 44.7 Å². The van der Waals surface area contributed by atoms with Crippen LogP contribution in [0.4, 0.5) is 11.9 Å². The molecular weight excluding hydrogens is 705 g/mol. The van der Waals surface area contributed by atoms with Crippen molar-refractivity contribution < 1.29 is 18.9 Å². The van der Waals surface area contributed by atoms with Crippen molar-refractivity contribution in [2.45, 2.75) is 148 Å². The van der Waals surface area contributed by atoms with Crippen LogP contribution in [0, 0.1) is 5.92 Å². The molecular formula is C44H62N8O4. The first-order valence-electron chi connectivity index (χ1n) is 20.6. The zero-order valence-electron chi connectivity index (χ0n) is 35.4. The van der Waals surface area contributed by atoms with Crippen molar-refractivity contribution in [3.05, 3.63) is 64.2 Å². The monoisotopic (exact) mass is 766 g/mol. The average molecular weight is 767 g/mol. The number of anilines is 2. The molecule has 2 fully saturated rings. The van der Waals surface area contributed by atoms with Crippen LogP contribution in [0.3, 0.4) is 0 Å². The van der Waals surface area contributed by atoms with Gasteiger partial charge in [-0.2, -0.15) is 0 Å². The SMILES string of the molecule is CCOc1cc(CN2CCC(C3CC(N(N)c4ncc5c(n4)C(C)(C)OC5(C)C)CCN3c3ncc4c(n3)C(C)(C)OC4(C)C)CC2)cc2c1OC(C)(C)C=C2. The number of likely N-dealkylation sites (tertiary alicyclic amines) is 1. The van der Waals surface area contributed by atoms with E-state index in [1.807, 2.05) is 24.3 Å². The number of fused-ring (bicyclic) bond motifs is 3. The normalized spacial score (nSPS) is 25.6. The van der Waals surface area contributed by atoms with Crippen molar-refractivity contribution in [1.82, 2.24) is 24.8 Å². The number of hydrogen-bond acceptors (Lipinski definition) is 12. The molecule has 2 atom stereocenters. The molecule has 2 saturated heterocycles. The van der Waals surface area contributed by atoms with Crippen LogP contribution in [-0.2, 0) is 38.4 Å². The number of nitrogens with two attached hydrogens (primary N) is 1. The van der Waals surface area contributed by atoms with E-state index in [2.05, 4.69) is 103 Å². The van der Waals surface area contributed by atoms with Crippen LogP contribution in [-0.4, -0.2) is 68.8 Å². The zero-order valence-corrected chi connectivity index (χ0v) is 35.4. The van der Waals surface area contributed by atoms with E-state index in [-0.39, 0.29) is 17.7 Å². The molecule has 0 radical (unpaired) electrons. The lowest BCUT2D eigenvalue weighted by Gasteiger charge is -2.47. The van der Waals surface area contributed by atoms with Gasteiger partial charge < -0.3 is 23.8 Å². The Hall–Kier alpha value is -3.84. The maximum Gasteiger partial charge on any atom is 0.240 e. The molecule has 5 aliphatic heterocycles. The molecule has 2 aromatic heterocycles. The highest BCUT2D eigenvalue weighted by atomic mass is 16.5. The van der Waals surface area contributed by atoms with Gasteiger partial charge in [0.05, 0.1) is 35.2 Å². The maximum atomic E-state index is 7.01. The number of ether oxygens (including phenoxy) is 4. The van der Waals surface area contributed by atoms with E-state index in [0.29, 0.717) is 18.5 Å². The summed E-state index contributed by atoms with van der Waals surface area (Å²) in [4.78, 5) is 25.2. The Morgan fingerprint density at radius 3 is 2.12 bits per heavy atom. The van der Waals surface area contributed by atoms with Crippen molar-refractivity contribution in [2.75, 3.05) is 36.1 Å². The van der Waals surface area contributed by atoms with Crippen molar-refractivity contribution in [1.29, 1.82) is 0 Å². The van der Waals surface area contributed by atoms with Gasteiger partial charge in [-0.1, -0.05) is 6.08 Å². The maximum absolute atomic E-state index is 7.01. The largest absolute Gasteiger partial charge is 0.490 e. The number of benzene rings is 1. The topological polar surface area (TPSA) is 124 Å². The summed E-state index contributed by atoms with van der Waals surface area (Å²) in [6.45, 7) is 27.1. The van der Waals surface area contributed by atoms with Gasteiger partial charge in [-0.25, -0.2) is 25.8 Å². The van der Waals surface area contributed by atoms with Crippen molar-refractivity contribution in [3.8, 4) is 11.5 Å². The van der Waals surface area contributed by atoms with E-state index in [1.54, 1.807) is 0 Å². The summed E-state index contributed by atoms with van der Waals surface area (Å²) in [7, 11) is 0. The highest BCUT2D eigenvalue weighted by Crippen LogP contribution is 2.48. The predicted molar refractivity (Wildman–Crippen MR) is 219 cm³/mol. The van der Waals surface area contributed by atoms with Gasteiger partial charge in [-0.05, 0) is 145 Å². The molecule has 0 saturated carbocycles. The molecule has 7 heterocycles. The second-order valence-electron chi connectivity index (χ2n) is 19.1. The van der Waals surface area contributed by atoms with Crippen LogP contribution in [0.2, 0.25) is 0 Å². The molecule has 0 amide bonds. The minimum Gasteiger partial charge on any atom is -0.490 e. The third-order valence-electron chi connectivity index (χ3n) is 12.6. The third-order valence-corrected chi connectivity index (χ3v) is 12.6. The lowest BCUT2D eigenvalue weighted by molar-refractivity contribution is -0.106. The quantitative estimate of drug-likeness (QED) is 0.181. The molecule has 3 aromatic rings. The molecule has 56 heavy (non-hydrogen) atoms. The Labute approximate surface area is 333 Å². The molecule has 5 aliphatic rings. The minimum atomic E-state index is -0.528. The van der Waals surface area contributed by atoms with Gasteiger partial charge in [-0.3, -0.25) is 9.91 Å². The van der Waals surface area contributed by atoms with Gasteiger partial charge in [0.25, 0.3) is 0 Å². The Bertz CT molecular complexity index is 2020. The van der Waals surface area contributed by atoms with Gasteiger partial charge in [0.2, 0.25) is 11.9 Å². The second-order valence-corrected chi connectivity index (χ2v) is 19.1. The third kappa shape index (κ3) is 7.05. The molecule has 2 unspecified atom stereocenters. The molecule has 1 aromatic carbocycles. The van der Waals surface area contributed by atoms with Crippen LogP contribution in [0.15, 0.2) is 30.6 Å². The first-order valence-corrected chi connectivity index (χ1v) is 20.6. The van der Waals surface area contributed by atoms with Gasteiger partial charge in [0.1, 0.15) is 16.8 Å². The summed E-state index contributed by atoms with van der Waals surface area (Å²) in [5.74, 6) is 10.4. The van der Waals surface area contributed by atoms with Crippen LogP contribution in [0.5, 0.6) is 11.5 Å². The van der Waals surface area contributed by atoms with Crippen molar-refractivity contribution >= 4 is 18.0 Å². The second kappa shape index (κ2) is 13.6. The summed E-state index contributed by atoms with van der Waals surface area (Å²) < 4.78 is 25.3. The summed E-state index contributed by atoms with van der Waals surface area (Å²) in [6, 6.07) is 4.66. The summed E-state index contributed by atoms with van der Waals surface area (Å²) in [5.41, 5.74) is 3.98. The number of aromatic nitrogens is 4. The highest BCUT2D eigenvalue weighted by Gasteiger charge is 2.48. The summed E-state index contributed by atoms with van der Waals surface area (Å²) >= 11 is 0. The zero-order chi connectivity index (χ0) is 40.0. The van der Waals surface area contributed by atoms with E-state index in [9.17, 15) is 0 Å². The first-order chi connectivity index (χ1) is 26.3. The first kappa shape index (κ1) is 39.0. The van der Waals surface area contributed by atoms with Gasteiger partial charge in [0, 0.05) is 48.2 Å². The predicted octanol–water partition coefficient (Wildman–Crippen LogP) is 7.48. The fourth-order valence-electron chi connectivity index (χ4n) is 9.99. The van der Waals surface area contributed by atoms with E-state index in [1.165, 1.54) is 5.56 Å². The number of nitrogens with zero attached hydrogens (tertiary/aromatic N) is 7. The number of piperidine rings is 2.